The average molecular weight is 348 g/mol. The van der Waals surface area contributed by atoms with E-state index in [1.165, 1.54) is 0 Å². The van der Waals surface area contributed by atoms with E-state index in [1.54, 1.807) is 0 Å². The Bertz CT molecular complexity index is 627. The summed E-state index contributed by atoms with van der Waals surface area (Å²) in [5, 5.41) is 10.7. The molecule has 0 radical (unpaired) electrons. The normalized spacial score (nSPS) is 16.1. The summed E-state index contributed by atoms with van der Waals surface area (Å²) in [7, 11) is 0. The summed E-state index contributed by atoms with van der Waals surface area (Å²) in [6.45, 7) is 1.12. The van der Waals surface area contributed by atoms with E-state index in [0.29, 0.717) is 6.54 Å². The quantitative estimate of drug-likeness (QED) is 0.893. The number of fused-ring (bicyclic) bond motifs is 1. The summed E-state index contributed by atoms with van der Waals surface area (Å²) in [5.41, 5.74) is 9.01. The molecule has 0 saturated carbocycles. The first-order chi connectivity index (χ1) is 10.2. The predicted molar refractivity (Wildman–Crippen MR) is 86.5 cm³/mol. The van der Waals surface area contributed by atoms with Crippen molar-refractivity contribution in [2.45, 2.75) is 18.4 Å². The summed E-state index contributed by atoms with van der Waals surface area (Å²) >= 11 is 3.42. The first-order valence-electron chi connectivity index (χ1n) is 7.08. The van der Waals surface area contributed by atoms with Gasteiger partial charge in [0.1, 0.15) is 5.75 Å². The van der Waals surface area contributed by atoms with Crippen molar-refractivity contribution in [1.29, 1.82) is 0 Å². The Kier molecular flexibility index (Phi) is 4.29. The van der Waals surface area contributed by atoms with Crippen LogP contribution in [-0.2, 0) is 6.42 Å². The smallest absolute Gasteiger partial charge is 0.122 e. The summed E-state index contributed by atoms with van der Waals surface area (Å²) in [6.07, 6.45) is 0.295. The molecular weight excluding hydrogens is 330 g/mol. The van der Waals surface area contributed by atoms with Crippen molar-refractivity contribution in [1.82, 2.24) is 0 Å². The highest BCUT2D eigenvalue weighted by Gasteiger charge is 2.23. The van der Waals surface area contributed by atoms with Gasteiger partial charge in [-0.15, -0.1) is 0 Å². The van der Waals surface area contributed by atoms with Gasteiger partial charge >= 0.3 is 0 Å². The lowest BCUT2D eigenvalue weighted by Gasteiger charge is -2.23. The van der Waals surface area contributed by atoms with E-state index in [2.05, 4.69) is 15.9 Å². The fraction of sp³-hybridized carbons (Fsp3) is 0.294. The molecule has 3 rings (SSSR count). The van der Waals surface area contributed by atoms with Crippen molar-refractivity contribution >= 4 is 15.9 Å². The fourth-order valence-electron chi connectivity index (χ4n) is 2.78. The van der Waals surface area contributed by atoms with Crippen molar-refractivity contribution in [2.24, 2.45) is 5.73 Å². The van der Waals surface area contributed by atoms with Crippen molar-refractivity contribution < 1.29 is 9.84 Å². The molecule has 1 heterocycles. The first-order valence-corrected chi connectivity index (χ1v) is 7.87. The van der Waals surface area contributed by atoms with Crippen LogP contribution >= 0.6 is 15.9 Å². The summed E-state index contributed by atoms with van der Waals surface area (Å²) in [6, 6.07) is 13.9. The Morgan fingerprint density at radius 2 is 1.86 bits per heavy atom. The van der Waals surface area contributed by atoms with Gasteiger partial charge in [0.25, 0.3) is 0 Å². The standard InChI is InChI=1S/C17H18BrNO2/c18-14-4-1-11(2-5-14)15(10-19)17(20)13-3-6-16-12(9-13)7-8-21-16/h1-6,9,15,17,20H,7-8,10,19H2. The predicted octanol–water partition coefficient (Wildman–Crippen LogP) is 3.16. The van der Waals surface area contributed by atoms with E-state index >= 15 is 0 Å². The third-order valence-corrected chi connectivity index (χ3v) is 4.52. The Hall–Kier alpha value is -1.36. The number of aliphatic hydroxyl groups excluding tert-OH is 1. The molecule has 1 aliphatic rings. The molecule has 1 aliphatic heterocycles. The maximum Gasteiger partial charge on any atom is 0.122 e. The molecule has 21 heavy (non-hydrogen) atoms. The third kappa shape index (κ3) is 2.98. The number of ether oxygens (including phenoxy) is 1. The molecule has 0 aromatic heterocycles. The second kappa shape index (κ2) is 6.18. The van der Waals surface area contributed by atoms with Crippen LogP contribution < -0.4 is 10.5 Å². The molecule has 0 aliphatic carbocycles. The third-order valence-electron chi connectivity index (χ3n) is 3.99. The van der Waals surface area contributed by atoms with E-state index in [-0.39, 0.29) is 5.92 Å². The zero-order valence-corrected chi connectivity index (χ0v) is 13.2. The molecule has 4 heteroatoms. The molecular formula is C17H18BrNO2. The molecule has 3 N–H and O–H groups in total. The highest BCUT2D eigenvalue weighted by Crippen LogP contribution is 2.34. The molecule has 110 valence electrons. The van der Waals surface area contributed by atoms with Gasteiger partial charge in [-0.3, -0.25) is 0 Å². The van der Waals surface area contributed by atoms with Gasteiger partial charge in [0.05, 0.1) is 12.7 Å². The highest BCUT2D eigenvalue weighted by molar-refractivity contribution is 9.10. The van der Waals surface area contributed by atoms with E-state index < -0.39 is 6.10 Å². The number of hydrogen-bond donors (Lipinski definition) is 2. The molecule has 2 aromatic carbocycles. The minimum absolute atomic E-state index is 0.113. The van der Waals surface area contributed by atoms with Crippen LogP contribution in [0.25, 0.3) is 0 Å². The van der Waals surface area contributed by atoms with E-state index in [1.807, 2.05) is 42.5 Å². The largest absolute Gasteiger partial charge is 0.493 e. The van der Waals surface area contributed by atoms with Gasteiger partial charge in [-0.2, -0.15) is 0 Å². The average Bonchev–Trinajstić information content (AvgIpc) is 2.97. The molecule has 0 saturated heterocycles. The van der Waals surface area contributed by atoms with Crippen LogP contribution in [0.3, 0.4) is 0 Å². The van der Waals surface area contributed by atoms with Gasteiger partial charge in [-0.1, -0.05) is 34.1 Å². The van der Waals surface area contributed by atoms with Gasteiger partial charge in [-0.05, 0) is 41.0 Å². The maximum absolute atomic E-state index is 10.7. The minimum atomic E-state index is -0.609. The van der Waals surface area contributed by atoms with Crippen LogP contribution in [0.15, 0.2) is 46.9 Å². The lowest BCUT2D eigenvalue weighted by Crippen LogP contribution is -2.20. The monoisotopic (exact) mass is 347 g/mol. The van der Waals surface area contributed by atoms with Gasteiger partial charge in [-0.25, -0.2) is 0 Å². The molecule has 0 fully saturated rings. The highest BCUT2D eigenvalue weighted by atomic mass is 79.9. The number of rotatable bonds is 4. The van der Waals surface area contributed by atoms with Crippen molar-refractivity contribution in [3.8, 4) is 5.75 Å². The van der Waals surface area contributed by atoms with E-state index in [0.717, 1.165) is 39.9 Å². The molecule has 2 unspecified atom stereocenters. The van der Waals surface area contributed by atoms with Crippen LogP contribution in [0, 0.1) is 0 Å². The van der Waals surface area contributed by atoms with Crippen LogP contribution in [0.4, 0.5) is 0 Å². The number of halogens is 1. The second-order valence-electron chi connectivity index (χ2n) is 5.30. The van der Waals surface area contributed by atoms with Crippen molar-refractivity contribution in [3.05, 3.63) is 63.6 Å². The van der Waals surface area contributed by atoms with Crippen LogP contribution in [0.2, 0.25) is 0 Å². The molecule has 0 bridgehead atoms. The first kappa shape index (κ1) is 14.6. The minimum Gasteiger partial charge on any atom is -0.493 e. The Balaban J connectivity index is 1.88. The van der Waals surface area contributed by atoms with Crippen LogP contribution in [0.1, 0.15) is 28.7 Å². The zero-order valence-electron chi connectivity index (χ0n) is 11.6. The number of hydrogen-bond acceptors (Lipinski definition) is 3. The second-order valence-corrected chi connectivity index (χ2v) is 6.22. The summed E-state index contributed by atoms with van der Waals surface area (Å²) < 4.78 is 6.53. The van der Waals surface area contributed by atoms with Crippen molar-refractivity contribution in [3.63, 3.8) is 0 Å². The molecule has 0 spiro atoms. The maximum atomic E-state index is 10.7. The van der Waals surface area contributed by atoms with Gasteiger partial charge in [0.15, 0.2) is 0 Å². The lowest BCUT2D eigenvalue weighted by atomic mass is 9.88. The summed E-state index contributed by atoms with van der Waals surface area (Å²) in [5.74, 6) is 0.817. The Morgan fingerprint density at radius 1 is 1.14 bits per heavy atom. The zero-order chi connectivity index (χ0) is 14.8. The lowest BCUT2D eigenvalue weighted by molar-refractivity contribution is 0.147. The molecule has 2 aromatic rings. The fourth-order valence-corrected chi connectivity index (χ4v) is 3.04. The number of aliphatic hydroxyl groups is 1. The van der Waals surface area contributed by atoms with Crippen LogP contribution in [-0.4, -0.2) is 18.3 Å². The Labute approximate surface area is 132 Å². The van der Waals surface area contributed by atoms with Gasteiger partial charge < -0.3 is 15.6 Å². The summed E-state index contributed by atoms with van der Waals surface area (Å²) in [4.78, 5) is 0. The van der Waals surface area contributed by atoms with E-state index in [9.17, 15) is 5.11 Å². The molecule has 0 amide bonds. The molecule has 2 atom stereocenters. The molecule has 3 nitrogen and oxygen atoms in total. The topological polar surface area (TPSA) is 55.5 Å². The number of nitrogens with two attached hydrogens (primary N) is 1. The van der Waals surface area contributed by atoms with E-state index in [4.69, 9.17) is 10.5 Å². The SMILES string of the molecule is NCC(c1ccc(Br)cc1)C(O)c1ccc2c(c1)CCO2. The van der Waals surface area contributed by atoms with Gasteiger partial charge in [0, 0.05) is 23.4 Å². The van der Waals surface area contributed by atoms with Gasteiger partial charge in [0.2, 0.25) is 0 Å². The van der Waals surface area contributed by atoms with Crippen LogP contribution in [0.5, 0.6) is 5.75 Å². The number of benzene rings is 2. The Morgan fingerprint density at radius 3 is 2.57 bits per heavy atom. The van der Waals surface area contributed by atoms with Crippen molar-refractivity contribution in [2.75, 3.05) is 13.2 Å².